The molecule has 0 fully saturated rings. The average molecular weight is 258 g/mol. The van der Waals surface area contributed by atoms with Crippen LogP contribution in [0.15, 0.2) is 42.6 Å². The van der Waals surface area contributed by atoms with Crippen LogP contribution in [0.3, 0.4) is 0 Å². The summed E-state index contributed by atoms with van der Waals surface area (Å²) in [6, 6.07) is 10.9. The number of nitrogens with zero attached hydrogens (tertiary/aromatic N) is 1. The van der Waals surface area contributed by atoms with Crippen LogP contribution >= 0.6 is 0 Å². The van der Waals surface area contributed by atoms with Crippen molar-refractivity contribution in [2.75, 3.05) is 12.3 Å². The zero-order valence-electron chi connectivity index (χ0n) is 10.9. The summed E-state index contributed by atoms with van der Waals surface area (Å²) in [6.45, 7) is 2.75. The largest absolute Gasteiger partial charge is 0.494 e. The van der Waals surface area contributed by atoms with Gasteiger partial charge in [-0.1, -0.05) is 25.1 Å². The second kappa shape index (κ2) is 6.20. The van der Waals surface area contributed by atoms with E-state index in [1.807, 2.05) is 24.3 Å². The lowest BCUT2D eigenvalue weighted by molar-refractivity contribution is 0.220. The van der Waals surface area contributed by atoms with Crippen molar-refractivity contribution in [3.63, 3.8) is 0 Å². The normalized spacial score (nSPS) is 12.1. The van der Waals surface area contributed by atoms with Crippen molar-refractivity contribution in [1.82, 2.24) is 4.98 Å². The van der Waals surface area contributed by atoms with Crippen molar-refractivity contribution in [2.45, 2.75) is 19.4 Å². The highest BCUT2D eigenvalue weighted by Crippen LogP contribution is 2.26. The predicted octanol–water partition coefficient (Wildman–Crippen LogP) is 2.53. The van der Waals surface area contributed by atoms with E-state index in [-0.39, 0.29) is 0 Å². The Bertz CT molecular complexity index is 526. The molecule has 1 aromatic carbocycles. The van der Waals surface area contributed by atoms with Gasteiger partial charge in [0.15, 0.2) is 0 Å². The molecule has 0 amide bonds. The van der Waals surface area contributed by atoms with Gasteiger partial charge in [0.1, 0.15) is 17.7 Å². The molecule has 0 saturated carbocycles. The van der Waals surface area contributed by atoms with Crippen LogP contribution in [0, 0.1) is 0 Å². The van der Waals surface area contributed by atoms with Crippen LogP contribution in [0.5, 0.6) is 5.75 Å². The molecular formula is C15H18N2O2. The maximum absolute atomic E-state index is 10.3. The molecule has 2 aromatic rings. The number of nitrogens with two attached hydrogens (primary N) is 1. The third kappa shape index (κ3) is 3.23. The molecule has 2 rings (SSSR count). The number of hydrogen-bond donors (Lipinski definition) is 2. The second-order valence-electron chi connectivity index (χ2n) is 4.30. The van der Waals surface area contributed by atoms with E-state index in [0.29, 0.717) is 18.0 Å². The number of benzene rings is 1. The highest BCUT2D eigenvalue weighted by Gasteiger charge is 2.13. The zero-order chi connectivity index (χ0) is 13.7. The van der Waals surface area contributed by atoms with Gasteiger partial charge in [-0.3, -0.25) is 0 Å². The van der Waals surface area contributed by atoms with Crippen molar-refractivity contribution in [1.29, 1.82) is 0 Å². The molecule has 1 aromatic heterocycles. The smallest absolute Gasteiger partial charge is 0.129 e. The maximum atomic E-state index is 10.3. The maximum Gasteiger partial charge on any atom is 0.129 e. The number of hydrogen-bond acceptors (Lipinski definition) is 4. The molecule has 4 nitrogen and oxygen atoms in total. The quantitative estimate of drug-likeness (QED) is 0.864. The Morgan fingerprint density at radius 3 is 2.63 bits per heavy atom. The summed E-state index contributed by atoms with van der Waals surface area (Å²) in [6.07, 6.45) is 1.80. The van der Waals surface area contributed by atoms with Gasteiger partial charge in [0.2, 0.25) is 0 Å². The minimum absolute atomic E-state index is 0.348. The summed E-state index contributed by atoms with van der Waals surface area (Å²) in [5, 5.41) is 10.3. The first-order valence-corrected chi connectivity index (χ1v) is 6.33. The third-order valence-electron chi connectivity index (χ3n) is 2.83. The molecule has 3 N–H and O–H groups in total. The Balaban J connectivity index is 2.16. The van der Waals surface area contributed by atoms with Gasteiger partial charge in [-0.05, 0) is 30.2 Å². The van der Waals surface area contributed by atoms with Crippen molar-refractivity contribution in [2.24, 2.45) is 0 Å². The van der Waals surface area contributed by atoms with Crippen LogP contribution in [0.25, 0.3) is 0 Å². The first-order chi connectivity index (χ1) is 9.22. The molecule has 0 aliphatic rings. The number of pyridine rings is 1. The molecule has 0 aliphatic carbocycles. The van der Waals surface area contributed by atoms with Crippen LogP contribution in [-0.2, 0) is 0 Å². The summed E-state index contributed by atoms with van der Waals surface area (Å²) in [4.78, 5) is 3.98. The predicted molar refractivity (Wildman–Crippen MR) is 74.9 cm³/mol. The molecule has 4 heteroatoms. The molecule has 0 bridgehead atoms. The summed E-state index contributed by atoms with van der Waals surface area (Å²) in [5.41, 5.74) is 7.14. The van der Waals surface area contributed by atoms with Gasteiger partial charge in [-0.2, -0.15) is 0 Å². The highest BCUT2D eigenvalue weighted by molar-refractivity contribution is 5.44. The van der Waals surface area contributed by atoms with Crippen molar-refractivity contribution in [3.05, 3.63) is 53.7 Å². The molecule has 1 unspecified atom stereocenters. The second-order valence-corrected chi connectivity index (χ2v) is 4.30. The molecule has 0 aliphatic heterocycles. The van der Waals surface area contributed by atoms with Gasteiger partial charge >= 0.3 is 0 Å². The van der Waals surface area contributed by atoms with E-state index in [0.717, 1.165) is 17.7 Å². The standard InChI is InChI=1S/C15H18N2O2/c1-2-10-19-12-7-5-11(6-8-12)14(18)13-4-3-9-17-15(13)16/h3-9,14,18H,2,10H2,1H3,(H2,16,17). The van der Waals surface area contributed by atoms with Crippen LogP contribution in [0.1, 0.15) is 30.6 Å². The van der Waals surface area contributed by atoms with E-state index in [1.165, 1.54) is 0 Å². The topological polar surface area (TPSA) is 68.4 Å². The van der Waals surface area contributed by atoms with E-state index >= 15 is 0 Å². The Hall–Kier alpha value is -2.07. The summed E-state index contributed by atoms with van der Waals surface area (Å²) < 4.78 is 5.50. The number of aromatic nitrogens is 1. The Morgan fingerprint density at radius 1 is 1.26 bits per heavy atom. The minimum atomic E-state index is -0.770. The van der Waals surface area contributed by atoms with Crippen LogP contribution in [0.4, 0.5) is 5.82 Å². The molecule has 0 radical (unpaired) electrons. The number of anilines is 1. The van der Waals surface area contributed by atoms with Gasteiger partial charge in [0.25, 0.3) is 0 Å². The number of nitrogen functional groups attached to an aromatic ring is 1. The minimum Gasteiger partial charge on any atom is -0.494 e. The van der Waals surface area contributed by atoms with E-state index in [1.54, 1.807) is 18.3 Å². The fourth-order valence-electron chi connectivity index (χ4n) is 1.81. The van der Waals surface area contributed by atoms with Crippen LogP contribution < -0.4 is 10.5 Å². The van der Waals surface area contributed by atoms with E-state index in [2.05, 4.69) is 11.9 Å². The molecule has 1 heterocycles. The lowest BCUT2D eigenvalue weighted by Crippen LogP contribution is -2.05. The molecule has 100 valence electrons. The number of aliphatic hydroxyl groups excluding tert-OH is 1. The highest BCUT2D eigenvalue weighted by atomic mass is 16.5. The molecular weight excluding hydrogens is 240 g/mol. The number of rotatable bonds is 5. The van der Waals surface area contributed by atoms with Crippen molar-refractivity contribution in [3.8, 4) is 5.75 Å². The van der Waals surface area contributed by atoms with E-state index < -0.39 is 6.10 Å². The first-order valence-electron chi connectivity index (χ1n) is 6.33. The fourth-order valence-corrected chi connectivity index (χ4v) is 1.81. The van der Waals surface area contributed by atoms with Crippen LogP contribution in [0.2, 0.25) is 0 Å². The summed E-state index contributed by atoms with van der Waals surface area (Å²) >= 11 is 0. The summed E-state index contributed by atoms with van der Waals surface area (Å²) in [5.74, 6) is 1.15. The number of ether oxygens (including phenoxy) is 1. The Morgan fingerprint density at radius 2 is 2.00 bits per heavy atom. The van der Waals surface area contributed by atoms with E-state index in [9.17, 15) is 5.11 Å². The average Bonchev–Trinajstić information content (AvgIpc) is 2.45. The third-order valence-corrected chi connectivity index (χ3v) is 2.83. The van der Waals surface area contributed by atoms with Crippen molar-refractivity contribution < 1.29 is 9.84 Å². The first kappa shape index (κ1) is 13.4. The van der Waals surface area contributed by atoms with Gasteiger partial charge in [0, 0.05) is 11.8 Å². The fraction of sp³-hybridized carbons (Fsp3) is 0.267. The molecule has 1 atom stereocenters. The lowest BCUT2D eigenvalue weighted by Gasteiger charge is -2.13. The van der Waals surface area contributed by atoms with E-state index in [4.69, 9.17) is 10.5 Å². The monoisotopic (exact) mass is 258 g/mol. The summed E-state index contributed by atoms with van der Waals surface area (Å²) in [7, 11) is 0. The number of aliphatic hydroxyl groups is 1. The van der Waals surface area contributed by atoms with Gasteiger partial charge in [-0.25, -0.2) is 4.98 Å². The SMILES string of the molecule is CCCOc1ccc(C(O)c2cccnc2N)cc1. The molecule has 19 heavy (non-hydrogen) atoms. The molecule has 0 spiro atoms. The zero-order valence-corrected chi connectivity index (χ0v) is 10.9. The lowest BCUT2D eigenvalue weighted by atomic mass is 10.0. The Kier molecular flexibility index (Phi) is 4.36. The van der Waals surface area contributed by atoms with Crippen LogP contribution in [-0.4, -0.2) is 16.7 Å². The molecule has 0 saturated heterocycles. The van der Waals surface area contributed by atoms with Crippen molar-refractivity contribution >= 4 is 5.82 Å². The van der Waals surface area contributed by atoms with Gasteiger partial charge < -0.3 is 15.6 Å². The Labute approximate surface area is 112 Å². The van der Waals surface area contributed by atoms with Gasteiger partial charge in [-0.15, -0.1) is 0 Å². The van der Waals surface area contributed by atoms with Gasteiger partial charge in [0.05, 0.1) is 6.61 Å².